The van der Waals surface area contributed by atoms with E-state index >= 15 is 0 Å². The second kappa shape index (κ2) is 4.01. The fourth-order valence-corrected chi connectivity index (χ4v) is 1.72. The molecule has 0 amide bonds. The van der Waals surface area contributed by atoms with Crippen LogP contribution in [-0.2, 0) is 4.79 Å². The molecule has 1 saturated heterocycles. The monoisotopic (exact) mass is 170 g/mol. The van der Waals surface area contributed by atoms with Crippen molar-refractivity contribution in [2.45, 2.75) is 32.9 Å². The molecule has 0 aliphatic carbocycles. The van der Waals surface area contributed by atoms with E-state index < -0.39 is 0 Å². The zero-order valence-electron chi connectivity index (χ0n) is 8.13. The number of hydrogen-bond acceptors (Lipinski definition) is 3. The lowest BCUT2D eigenvalue weighted by molar-refractivity contribution is -0.123. The minimum absolute atomic E-state index is 0.0961. The molecule has 0 radical (unpaired) electrons. The highest BCUT2D eigenvalue weighted by Crippen LogP contribution is 2.08. The van der Waals surface area contributed by atoms with Gasteiger partial charge in [0, 0.05) is 25.7 Å². The third-order valence-corrected chi connectivity index (χ3v) is 2.42. The summed E-state index contributed by atoms with van der Waals surface area (Å²) in [4.78, 5) is 13.5. The molecule has 0 bridgehead atoms. The predicted octanol–water partition coefficient (Wildman–Crippen LogP) is 0.258. The van der Waals surface area contributed by atoms with Crippen molar-refractivity contribution in [2.24, 2.45) is 0 Å². The van der Waals surface area contributed by atoms with Crippen molar-refractivity contribution in [3.05, 3.63) is 0 Å². The Bertz CT molecular complexity index is 168. The zero-order chi connectivity index (χ0) is 9.14. The normalized spacial score (nSPS) is 26.2. The maximum Gasteiger partial charge on any atom is 0.148 e. The summed E-state index contributed by atoms with van der Waals surface area (Å²) in [6.07, 6.45) is 0. The van der Waals surface area contributed by atoms with E-state index in [4.69, 9.17) is 0 Å². The van der Waals surface area contributed by atoms with Crippen LogP contribution in [0.15, 0.2) is 0 Å². The number of Topliss-reactive ketones (excluding diaryl/α,β-unsaturated/α-hetero) is 1. The van der Waals surface area contributed by atoms with Crippen molar-refractivity contribution in [1.29, 1.82) is 0 Å². The summed E-state index contributed by atoms with van der Waals surface area (Å²) in [5, 5.41) is 3.24. The van der Waals surface area contributed by atoms with E-state index in [1.807, 2.05) is 0 Å². The van der Waals surface area contributed by atoms with Crippen LogP contribution in [0.5, 0.6) is 0 Å². The molecule has 1 heterocycles. The molecule has 0 saturated carbocycles. The third kappa shape index (κ3) is 2.05. The minimum atomic E-state index is 0.0961. The molecule has 12 heavy (non-hydrogen) atoms. The summed E-state index contributed by atoms with van der Waals surface area (Å²) in [7, 11) is 0. The van der Waals surface area contributed by atoms with Crippen molar-refractivity contribution in [1.82, 2.24) is 10.2 Å². The Labute approximate surface area is 74.1 Å². The Morgan fingerprint density at radius 3 is 2.67 bits per heavy atom. The molecule has 1 unspecified atom stereocenters. The van der Waals surface area contributed by atoms with Gasteiger partial charge in [-0.25, -0.2) is 0 Å². The Balaban J connectivity index is 2.60. The molecule has 3 heteroatoms. The van der Waals surface area contributed by atoms with Crippen LogP contribution < -0.4 is 5.32 Å². The lowest BCUT2D eigenvalue weighted by Gasteiger charge is -2.37. The lowest BCUT2D eigenvalue weighted by Crippen LogP contribution is -2.56. The Hall–Kier alpha value is -0.410. The molecule has 3 nitrogen and oxygen atoms in total. The molecule has 1 N–H and O–H groups in total. The van der Waals surface area contributed by atoms with Crippen molar-refractivity contribution < 1.29 is 4.79 Å². The highest BCUT2D eigenvalue weighted by atomic mass is 16.1. The van der Waals surface area contributed by atoms with E-state index in [-0.39, 0.29) is 11.8 Å². The summed E-state index contributed by atoms with van der Waals surface area (Å²) < 4.78 is 0. The van der Waals surface area contributed by atoms with Crippen LogP contribution >= 0.6 is 0 Å². The Morgan fingerprint density at radius 1 is 1.58 bits per heavy atom. The number of piperazine rings is 1. The van der Waals surface area contributed by atoms with Gasteiger partial charge in [0.25, 0.3) is 0 Å². The first-order valence-corrected chi connectivity index (χ1v) is 4.60. The smallest absolute Gasteiger partial charge is 0.148 e. The number of nitrogens with one attached hydrogen (secondary N) is 1. The maximum atomic E-state index is 11.2. The fraction of sp³-hybridized carbons (Fsp3) is 0.889. The van der Waals surface area contributed by atoms with Gasteiger partial charge in [-0.2, -0.15) is 0 Å². The van der Waals surface area contributed by atoms with Gasteiger partial charge in [-0.05, 0) is 20.8 Å². The average molecular weight is 170 g/mol. The molecule has 1 aliphatic heterocycles. The first kappa shape index (κ1) is 9.68. The van der Waals surface area contributed by atoms with Gasteiger partial charge in [0.05, 0.1) is 6.04 Å². The molecule has 0 aromatic carbocycles. The van der Waals surface area contributed by atoms with E-state index in [2.05, 4.69) is 24.1 Å². The standard InChI is InChI=1S/C9H18N2O/c1-7(2)11-5-4-10-6-9(11)8(3)12/h7,9-10H,4-6H2,1-3H3. The number of carbonyl (C=O) groups is 1. The maximum absolute atomic E-state index is 11.2. The van der Waals surface area contributed by atoms with E-state index in [9.17, 15) is 4.79 Å². The van der Waals surface area contributed by atoms with Crippen molar-refractivity contribution in [2.75, 3.05) is 19.6 Å². The Kier molecular flexibility index (Phi) is 3.23. The van der Waals surface area contributed by atoms with Gasteiger partial charge in [0.2, 0.25) is 0 Å². The van der Waals surface area contributed by atoms with Crippen molar-refractivity contribution in [3.8, 4) is 0 Å². The molecule has 1 rings (SSSR count). The quantitative estimate of drug-likeness (QED) is 0.645. The predicted molar refractivity (Wildman–Crippen MR) is 49.2 cm³/mol. The van der Waals surface area contributed by atoms with Crippen LogP contribution in [0.4, 0.5) is 0 Å². The van der Waals surface area contributed by atoms with Crippen molar-refractivity contribution >= 4 is 5.78 Å². The zero-order valence-corrected chi connectivity index (χ0v) is 8.13. The second-order valence-corrected chi connectivity index (χ2v) is 3.66. The van der Waals surface area contributed by atoms with Crippen LogP contribution in [0.25, 0.3) is 0 Å². The molecule has 1 aliphatic rings. The summed E-state index contributed by atoms with van der Waals surface area (Å²) in [6, 6.07) is 0.569. The molecule has 70 valence electrons. The van der Waals surface area contributed by atoms with Gasteiger partial charge in [0.15, 0.2) is 0 Å². The molecule has 0 spiro atoms. The summed E-state index contributed by atoms with van der Waals surface area (Å²) in [6.45, 7) is 8.76. The summed E-state index contributed by atoms with van der Waals surface area (Å²) in [5.74, 6) is 0.274. The molecule has 1 fully saturated rings. The molecular formula is C9H18N2O. The van der Waals surface area contributed by atoms with Gasteiger partial charge in [0.1, 0.15) is 5.78 Å². The number of carbonyl (C=O) groups excluding carboxylic acids is 1. The summed E-state index contributed by atoms with van der Waals surface area (Å²) in [5.41, 5.74) is 0. The largest absolute Gasteiger partial charge is 0.313 e. The molecule has 1 atom stereocenters. The van der Waals surface area contributed by atoms with Gasteiger partial charge >= 0.3 is 0 Å². The van der Waals surface area contributed by atoms with Crippen molar-refractivity contribution in [3.63, 3.8) is 0 Å². The summed E-state index contributed by atoms with van der Waals surface area (Å²) >= 11 is 0. The topological polar surface area (TPSA) is 32.3 Å². The average Bonchev–Trinajstić information content (AvgIpc) is 2.04. The van der Waals surface area contributed by atoms with Crippen LogP contribution in [0.3, 0.4) is 0 Å². The SMILES string of the molecule is CC(=O)C1CNCCN1C(C)C. The number of ketones is 1. The van der Waals surface area contributed by atoms with E-state index in [1.54, 1.807) is 6.92 Å². The van der Waals surface area contributed by atoms with E-state index in [0.29, 0.717) is 6.04 Å². The van der Waals surface area contributed by atoms with E-state index in [0.717, 1.165) is 19.6 Å². The highest BCUT2D eigenvalue weighted by molar-refractivity contribution is 5.81. The molecule has 0 aromatic heterocycles. The van der Waals surface area contributed by atoms with E-state index in [1.165, 1.54) is 0 Å². The van der Waals surface area contributed by atoms with Crippen LogP contribution in [0, 0.1) is 0 Å². The number of nitrogens with zero attached hydrogens (tertiary/aromatic N) is 1. The van der Waals surface area contributed by atoms with Gasteiger partial charge in [-0.15, -0.1) is 0 Å². The van der Waals surface area contributed by atoms with Gasteiger partial charge in [-0.1, -0.05) is 0 Å². The fourth-order valence-electron chi connectivity index (χ4n) is 1.72. The molecular weight excluding hydrogens is 152 g/mol. The number of rotatable bonds is 2. The van der Waals surface area contributed by atoms with Crippen LogP contribution in [0.2, 0.25) is 0 Å². The van der Waals surface area contributed by atoms with Gasteiger partial charge in [-0.3, -0.25) is 9.69 Å². The molecule has 0 aromatic rings. The third-order valence-electron chi connectivity index (χ3n) is 2.42. The first-order chi connectivity index (χ1) is 5.63. The highest BCUT2D eigenvalue weighted by Gasteiger charge is 2.27. The lowest BCUT2D eigenvalue weighted by atomic mass is 10.1. The van der Waals surface area contributed by atoms with Crippen LogP contribution in [-0.4, -0.2) is 42.4 Å². The number of hydrogen-bond donors (Lipinski definition) is 1. The van der Waals surface area contributed by atoms with Gasteiger partial charge < -0.3 is 5.32 Å². The minimum Gasteiger partial charge on any atom is -0.313 e. The Morgan fingerprint density at radius 2 is 2.25 bits per heavy atom. The first-order valence-electron chi connectivity index (χ1n) is 4.60. The second-order valence-electron chi connectivity index (χ2n) is 3.66. The van der Waals surface area contributed by atoms with Crippen LogP contribution in [0.1, 0.15) is 20.8 Å².